The summed E-state index contributed by atoms with van der Waals surface area (Å²) >= 11 is 0. The molecule has 3 aliphatic rings. The van der Waals surface area contributed by atoms with Crippen LogP contribution in [0.4, 0.5) is 4.79 Å². The van der Waals surface area contributed by atoms with E-state index in [0.717, 1.165) is 38.3 Å². The summed E-state index contributed by atoms with van der Waals surface area (Å²) in [6, 6.07) is 6.96. The maximum Gasteiger partial charge on any atom is 0.317 e. The largest absolute Gasteiger partial charge is 0.490 e. The van der Waals surface area contributed by atoms with Gasteiger partial charge in [0, 0.05) is 31.7 Å². The molecule has 186 valence electrons. The summed E-state index contributed by atoms with van der Waals surface area (Å²) in [5, 5.41) is 14.9. The fourth-order valence-corrected chi connectivity index (χ4v) is 5.65. The van der Waals surface area contributed by atoms with Crippen LogP contribution in [-0.4, -0.2) is 60.2 Å². The van der Waals surface area contributed by atoms with Gasteiger partial charge in [-0.05, 0) is 74.6 Å². The van der Waals surface area contributed by atoms with E-state index in [1.54, 1.807) is 24.3 Å². The van der Waals surface area contributed by atoms with Crippen molar-refractivity contribution in [3.63, 3.8) is 0 Å². The van der Waals surface area contributed by atoms with Crippen molar-refractivity contribution in [2.45, 2.75) is 63.9 Å². The van der Waals surface area contributed by atoms with Gasteiger partial charge in [0.15, 0.2) is 0 Å². The summed E-state index contributed by atoms with van der Waals surface area (Å²) in [6.45, 7) is 2.46. The van der Waals surface area contributed by atoms with Gasteiger partial charge in [0.2, 0.25) is 0 Å². The van der Waals surface area contributed by atoms with Crippen LogP contribution in [0.15, 0.2) is 24.3 Å². The Morgan fingerprint density at radius 1 is 0.882 bits per heavy atom. The summed E-state index contributed by atoms with van der Waals surface area (Å²) in [4.78, 5) is 37.9. The SMILES string of the molecule is O=C(NCCNC(=O)N1CC[C@H]2CCCC[C@@H]2C1)c1ccc(OC2CCC(C(=O)O)CC2)cc1. The highest BCUT2D eigenvalue weighted by Gasteiger charge is 2.32. The van der Waals surface area contributed by atoms with Crippen LogP contribution in [0.1, 0.15) is 68.1 Å². The zero-order valence-electron chi connectivity index (χ0n) is 19.8. The third kappa shape index (κ3) is 6.42. The molecule has 1 aromatic carbocycles. The van der Waals surface area contributed by atoms with Crippen molar-refractivity contribution >= 4 is 17.9 Å². The minimum atomic E-state index is -0.725. The molecular weight excluding hydrogens is 434 g/mol. The van der Waals surface area contributed by atoms with E-state index >= 15 is 0 Å². The Morgan fingerprint density at radius 2 is 1.56 bits per heavy atom. The Morgan fingerprint density at radius 3 is 2.26 bits per heavy atom. The van der Waals surface area contributed by atoms with Gasteiger partial charge < -0.3 is 25.4 Å². The lowest BCUT2D eigenvalue weighted by atomic mass is 9.75. The molecule has 4 rings (SSSR count). The maximum absolute atomic E-state index is 12.5. The fourth-order valence-electron chi connectivity index (χ4n) is 5.65. The maximum atomic E-state index is 12.5. The molecule has 2 atom stereocenters. The zero-order chi connectivity index (χ0) is 23.9. The summed E-state index contributed by atoms with van der Waals surface area (Å²) in [6.07, 6.45) is 9.01. The van der Waals surface area contributed by atoms with Gasteiger partial charge >= 0.3 is 12.0 Å². The number of urea groups is 1. The van der Waals surface area contributed by atoms with Gasteiger partial charge in [-0.15, -0.1) is 0 Å². The Balaban J connectivity index is 1.13. The third-order valence-corrected chi connectivity index (χ3v) is 7.71. The number of piperidine rings is 1. The molecule has 1 heterocycles. The van der Waals surface area contributed by atoms with Gasteiger partial charge in [0.1, 0.15) is 5.75 Å². The monoisotopic (exact) mass is 471 g/mol. The first-order valence-corrected chi connectivity index (χ1v) is 12.8. The molecule has 0 spiro atoms. The number of carbonyl (C=O) groups excluding carboxylic acids is 2. The minimum absolute atomic E-state index is 0.0165. The lowest BCUT2D eigenvalue weighted by Gasteiger charge is -2.41. The van der Waals surface area contributed by atoms with E-state index < -0.39 is 5.97 Å². The smallest absolute Gasteiger partial charge is 0.317 e. The van der Waals surface area contributed by atoms with Crippen molar-refractivity contribution in [2.24, 2.45) is 17.8 Å². The molecule has 8 nitrogen and oxygen atoms in total. The number of nitrogens with zero attached hydrogens (tertiary/aromatic N) is 1. The average molecular weight is 472 g/mol. The van der Waals surface area contributed by atoms with Crippen LogP contribution in [0.2, 0.25) is 0 Å². The highest BCUT2D eigenvalue weighted by atomic mass is 16.5. The molecule has 3 fully saturated rings. The van der Waals surface area contributed by atoms with Crippen LogP contribution in [-0.2, 0) is 4.79 Å². The van der Waals surface area contributed by atoms with Crippen LogP contribution >= 0.6 is 0 Å². The van der Waals surface area contributed by atoms with Gasteiger partial charge in [0.05, 0.1) is 12.0 Å². The Hall–Kier alpha value is -2.77. The van der Waals surface area contributed by atoms with Crippen molar-refractivity contribution in [3.05, 3.63) is 29.8 Å². The molecule has 8 heteroatoms. The van der Waals surface area contributed by atoms with Gasteiger partial charge in [-0.1, -0.05) is 19.3 Å². The van der Waals surface area contributed by atoms with E-state index in [1.165, 1.54) is 25.7 Å². The average Bonchev–Trinajstić information content (AvgIpc) is 2.87. The second-order valence-corrected chi connectivity index (χ2v) is 9.98. The van der Waals surface area contributed by atoms with E-state index in [4.69, 9.17) is 9.84 Å². The second kappa shape index (κ2) is 11.6. The molecule has 3 N–H and O–H groups in total. The van der Waals surface area contributed by atoms with Crippen LogP contribution in [0.3, 0.4) is 0 Å². The number of fused-ring (bicyclic) bond motifs is 1. The van der Waals surface area contributed by atoms with Crippen molar-refractivity contribution in [1.29, 1.82) is 0 Å². The molecule has 34 heavy (non-hydrogen) atoms. The highest BCUT2D eigenvalue weighted by molar-refractivity contribution is 5.94. The van der Waals surface area contributed by atoms with Crippen molar-refractivity contribution in [3.8, 4) is 5.75 Å². The normalized spacial score (nSPS) is 26.8. The summed E-state index contributed by atoms with van der Waals surface area (Å²) in [5.74, 6) is 0.952. The van der Waals surface area contributed by atoms with E-state index in [9.17, 15) is 14.4 Å². The second-order valence-electron chi connectivity index (χ2n) is 9.98. The van der Waals surface area contributed by atoms with Crippen molar-refractivity contribution < 1.29 is 24.2 Å². The lowest BCUT2D eigenvalue weighted by molar-refractivity contribution is -0.143. The zero-order valence-corrected chi connectivity index (χ0v) is 19.8. The predicted octanol–water partition coefficient (Wildman–Crippen LogP) is 3.66. The third-order valence-electron chi connectivity index (χ3n) is 7.71. The molecule has 0 aromatic heterocycles. The standard InChI is InChI=1S/C26H37N3O5/c30-24(19-5-9-22(10-6-19)34-23-11-7-20(8-12-23)25(31)32)27-14-15-28-26(33)29-16-13-18-3-1-2-4-21(18)17-29/h5-6,9-10,18,20-21,23H,1-4,7-8,11-17H2,(H,27,30)(H,28,33)(H,31,32)/t18-,20?,21-,23?/m1/s1. The van der Waals surface area contributed by atoms with E-state index in [1.807, 2.05) is 4.90 Å². The number of rotatable bonds is 7. The predicted molar refractivity (Wildman–Crippen MR) is 128 cm³/mol. The Kier molecular flexibility index (Phi) is 8.29. The summed E-state index contributed by atoms with van der Waals surface area (Å²) < 4.78 is 5.96. The molecule has 2 aliphatic carbocycles. The van der Waals surface area contributed by atoms with Crippen LogP contribution in [0, 0.1) is 17.8 Å². The fraction of sp³-hybridized carbons (Fsp3) is 0.654. The van der Waals surface area contributed by atoms with Crippen LogP contribution < -0.4 is 15.4 Å². The first-order valence-electron chi connectivity index (χ1n) is 12.8. The molecule has 0 bridgehead atoms. The number of likely N-dealkylation sites (tertiary alicyclic amines) is 1. The van der Waals surface area contributed by atoms with Gasteiger partial charge in [-0.25, -0.2) is 4.79 Å². The van der Waals surface area contributed by atoms with Crippen LogP contribution in [0.5, 0.6) is 5.75 Å². The number of ether oxygens (including phenoxy) is 1. The number of benzene rings is 1. The highest BCUT2D eigenvalue weighted by Crippen LogP contribution is 2.36. The first kappa shape index (κ1) is 24.4. The van der Waals surface area contributed by atoms with E-state index in [-0.39, 0.29) is 24.0 Å². The topological polar surface area (TPSA) is 108 Å². The molecule has 1 aromatic rings. The first-order chi connectivity index (χ1) is 16.5. The molecule has 0 radical (unpaired) electrons. The minimum Gasteiger partial charge on any atom is -0.490 e. The number of hydrogen-bond acceptors (Lipinski definition) is 4. The Bertz CT molecular complexity index is 850. The molecule has 1 aliphatic heterocycles. The molecule has 2 saturated carbocycles. The molecule has 0 unspecified atom stereocenters. The molecule has 3 amide bonds. The number of carboxylic acid groups (broad SMARTS) is 1. The number of carboxylic acids is 1. The number of nitrogens with one attached hydrogen (secondary N) is 2. The molecule has 1 saturated heterocycles. The Labute approximate surface area is 201 Å². The number of aliphatic carboxylic acids is 1. The summed E-state index contributed by atoms with van der Waals surface area (Å²) in [7, 11) is 0. The van der Waals surface area contributed by atoms with Gasteiger partial charge in [0.25, 0.3) is 5.91 Å². The van der Waals surface area contributed by atoms with E-state index in [0.29, 0.717) is 43.2 Å². The molecular formula is C26H37N3O5. The lowest BCUT2D eigenvalue weighted by Crippen LogP contribution is -2.49. The van der Waals surface area contributed by atoms with Gasteiger partial charge in [-0.2, -0.15) is 0 Å². The number of amides is 3. The van der Waals surface area contributed by atoms with Gasteiger partial charge in [-0.3, -0.25) is 9.59 Å². The number of carbonyl (C=O) groups is 3. The summed E-state index contributed by atoms with van der Waals surface area (Å²) in [5.41, 5.74) is 0.535. The van der Waals surface area contributed by atoms with Crippen LogP contribution in [0.25, 0.3) is 0 Å². The van der Waals surface area contributed by atoms with Crippen molar-refractivity contribution in [1.82, 2.24) is 15.5 Å². The van der Waals surface area contributed by atoms with E-state index in [2.05, 4.69) is 10.6 Å². The van der Waals surface area contributed by atoms with Crippen molar-refractivity contribution in [2.75, 3.05) is 26.2 Å². The number of hydrogen-bond donors (Lipinski definition) is 3. The quantitative estimate of drug-likeness (QED) is 0.526.